The highest BCUT2D eigenvalue weighted by Gasteiger charge is 2.22. The minimum Gasteiger partial charge on any atom is -0.331 e. The molecular weight excluding hydrogens is 308 g/mol. The minimum absolute atomic E-state index is 0.402. The maximum atomic E-state index is 4.72. The van der Waals surface area contributed by atoms with Gasteiger partial charge in [0.05, 0.1) is 6.04 Å². The van der Waals surface area contributed by atoms with Crippen LogP contribution in [0.4, 0.5) is 0 Å². The molecule has 4 heteroatoms. The number of nitrogens with one attached hydrogen (secondary N) is 1. The molecule has 0 aromatic rings. The van der Waals surface area contributed by atoms with Crippen LogP contribution >= 0.6 is 0 Å². The Morgan fingerprint density at radius 1 is 1.12 bits per heavy atom. The van der Waals surface area contributed by atoms with Crippen molar-refractivity contribution in [1.29, 1.82) is 0 Å². The van der Waals surface area contributed by atoms with Crippen molar-refractivity contribution in [2.24, 2.45) is 20.9 Å². The summed E-state index contributed by atoms with van der Waals surface area (Å²) in [6.45, 7) is 8.05. The highest BCUT2D eigenvalue weighted by molar-refractivity contribution is 5.85. The molecule has 0 heterocycles. The molecule has 0 radical (unpaired) electrons. The van der Waals surface area contributed by atoms with Gasteiger partial charge >= 0.3 is 0 Å². The van der Waals surface area contributed by atoms with Crippen molar-refractivity contribution in [3.05, 3.63) is 22.9 Å². The normalized spacial score (nSPS) is 21.4. The van der Waals surface area contributed by atoms with Gasteiger partial charge in [0.15, 0.2) is 0 Å². The molecule has 0 amide bonds. The predicted octanol–water partition coefficient (Wildman–Crippen LogP) is 5.08. The van der Waals surface area contributed by atoms with Crippen LogP contribution in [0.3, 0.4) is 0 Å². The molecule has 1 N–H and O–H groups in total. The predicted molar refractivity (Wildman–Crippen MR) is 110 cm³/mol. The van der Waals surface area contributed by atoms with E-state index in [4.69, 9.17) is 4.99 Å². The second-order valence-electron chi connectivity index (χ2n) is 7.55. The molecule has 4 nitrogen and oxygen atoms in total. The molecule has 0 aromatic carbocycles. The van der Waals surface area contributed by atoms with Crippen molar-refractivity contribution >= 4 is 18.9 Å². The monoisotopic (exact) mass is 342 g/mol. The van der Waals surface area contributed by atoms with Crippen LogP contribution in [0, 0.1) is 5.92 Å². The molecule has 138 valence electrons. The van der Waals surface area contributed by atoms with E-state index in [0.717, 1.165) is 12.3 Å². The number of guanidine groups is 1. The Kier molecular flexibility index (Phi) is 8.10. The number of hydrogen-bond acceptors (Lipinski definition) is 2. The van der Waals surface area contributed by atoms with Crippen molar-refractivity contribution in [2.45, 2.75) is 77.7 Å². The Morgan fingerprint density at radius 2 is 1.84 bits per heavy atom. The lowest BCUT2D eigenvalue weighted by molar-refractivity contribution is 0.442. The molecule has 0 bridgehead atoms. The van der Waals surface area contributed by atoms with Gasteiger partial charge in [-0.25, -0.2) is 9.98 Å². The van der Waals surface area contributed by atoms with Gasteiger partial charge in [-0.2, -0.15) is 0 Å². The molecule has 2 fully saturated rings. The third-order valence-corrected chi connectivity index (χ3v) is 5.07. The largest absolute Gasteiger partial charge is 0.331 e. The third-order valence-electron chi connectivity index (χ3n) is 5.07. The smallest absolute Gasteiger partial charge is 0.221 e. The lowest BCUT2D eigenvalue weighted by Crippen LogP contribution is -2.20. The quantitative estimate of drug-likeness (QED) is 0.509. The molecule has 25 heavy (non-hydrogen) atoms. The van der Waals surface area contributed by atoms with Crippen LogP contribution in [0.5, 0.6) is 0 Å². The van der Waals surface area contributed by atoms with Crippen LogP contribution in [0.1, 0.15) is 71.6 Å². The van der Waals surface area contributed by atoms with E-state index in [9.17, 15) is 0 Å². The first kappa shape index (κ1) is 19.6. The van der Waals surface area contributed by atoms with Gasteiger partial charge in [0.2, 0.25) is 5.96 Å². The minimum atomic E-state index is 0.402. The number of hydrogen-bond donors (Lipinski definition) is 1. The fourth-order valence-electron chi connectivity index (χ4n) is 3.39. The first-order valence-corrected chi connectivity index (χ1v) is 9.69. The molecule has 0 aromatic heterocycles. The van der Waals surface area contributed by atoms with Gasteiger partial charge in [0.25, 0.3) is 0 Å². The molecule has 0 unspecified atom stereocenters. The molecule has 0 spiro atoms. The fraction of sp³-hybridized carbons (Fsp3) is 0.667. The van der Waals surface area contributed by atoms with Gasteiger partial charge in [-0.05, 0) is 70.6 Å². The van der Waals surface area contributed by atoms with Gasteiger partial charge in [0, 0.05) is 19.5 Å². The zero-order valence-electron chi connectivity index (χ0n) is 16.2. The summed E-state index contributed by atoms with van der Waals surface area (Å²) in [5.74, 6) is 1.55. The zero-order chi connectivity index (χ0) is 18.1. The lowest BCUT2D eigenvalue weighted by Gasteiger charge is -2.18. The van der Waals surface area contributed by atoms with Crippen LogP contribution in [-0.2, 0) is 0 Å². The number of rotatable bonds is 7. The Morgan fingerprint density at radius 3 is 2.44 bits per heavy atom. The summed E-state index contributed by atoms with van der Waals surface area (Å²) in [5.41, 5.74) is 4.06. The summed E-state index contributed by atoms with van der Waals surface area (Å²) < 4.78 is 0. The standard InChI is InChI=1S/C21H34N4/c1-16(12-19(15-22-3)17(2)13-18-10-11-18)14-24-21(23-4)25-20-8-6-5-7-9-20/h14-15,18,20H,4-13H2,1-3H3,(H,24,25)/b16-14-,19-17+,22-15?. The molecule has 0 aliphatic heterocycles. The van der Waals surface area contributed by atoms with Gasteiger partial charge < -0.3 is 5.32 Å². The average Bonchev–Trinajstić information content (AvgIpc) is 3.43. The van der Waals surface area contributed by atoms with Crippen molar-refractivity contribution in [3.8, 4) is 0 Å². The SMILES string of the molecule is C=NC(=NC1CCCCC1)N/C=C(/C)C/C(C=NC)=C(/C)CC1CC1. The van der Waals surface area contributed by atoms with E-state index >= 15 is 0 Å². The Balaban J connectivity index is 1.95. The average molecular weight is 343 g/mol. The van der Waals surface area contributed by atoms with Crippen LogP contribution in [0.25, 0.3) is 0 Å². The summed E-state index contributed by atoms with van der Waals surface area (Å²) in [6, 6.07) is 0.402. The summed E-state index contributed by atoms with van der Waals surface area (Å²) in [5, 5.41) is 3.25. The highest BCUT2D eigenvalue weighted by atomic mass is 15.1. The molecule has 2 rings (SSSR count). The summed E-state index contributed by atoms with van der Waals surface area (Å²) in [7, 11) is 1.85. The maximum Gasteiger partial charge on any atom is 0.221 e. The molecule has 2 aliphatic carbocycles. The van der Waals surface area contributed by atoms with Gasteiger partial charge in [-0.3, -0.25) is 4.99 Å². The summed E-state index contributed by atoms with van der Waals surface area (Å²) in [6.07, 6.45) is 15.2. The Labute approximate surface area is 153 Å². The first-order valence-electron chi connectivity index (χ1n) is 9.69. The highest BCUT2D eigenvalue weighted by Crippen LogP contribution is 2.36. The maximum absolute atomic E-state index is 4.72. The number of allylic oxidation sites excluding steroid dienone is 3. The van der Waals surface area contributed by atoms with E-state index in [1.807, 2.05) is 19.5 Å². The van der Waals surface area contributed by atoms with Crippen molar-refractivity contribution in [3.63, 3.8) is 0 Å². The zero-order valence-corrected chi connectivity index (χ0v) is 16.2. The van der Waals surface area contributed by atoms with Gasteiger partial charge in [0.1, 0.15) is 0 Å². The van der Waals surface area contributed by atoms with E-state index in [1.165, 1.54) is 68.1 Å². The van der Waals surface area contributed by atoms with Crippen LogP contribution in [-0.4, -0.2) is 32.0 Å². The van der Waals surface area contributed by atoms with Crippen LogP contribution in [0.2, 0.25) is 0 Å². The van der Waals surface area contributed by atoms with Crippen LogP contribution < -0.4 is 5.32 Å². The fourth-order valence-corrected chi connectivity index (χ4v) is 3.39. The molecular formula is C21H34N4. The topological polar surface area (TPSA) is 49.1 Å². The first-order chi connectivity index (χ1) is 12.1. The lowest BCUT2D eigenvalue weighted by atomic mass is 9.96. The Bertz CT molecular complexity index is 558. The van der Waals surface area contributed by atoms with Crippen LogP contribution in [0.15, 0.2) is 37.9 Å². The van der Waals surface area contributed by atoms with E-state index in [2.05, 4.69) is 35.9 Å². The second kappa shape index (κ2) is 10.3. The Hall–Kier alpha value is -1.71. The molecule has 0 saturated heterocycles. The molecule has 0 atom stereocenters. The molecule has 2 aliphatic rings. The van der Waals surface area contributed by atoms with E-state index in [-0.39, 0.29) is 0 Å². The van der Waals surface area contributed by atoms with E-state index in [1.54, 1.807) is 0 Å². The van der Waals surface area contributed by atoms with Crippen molar-refractivity contribution < 1.29 is 0 Å². The van der Waals surface area contributed by atoms with Gasteiger partial charge in [-0.1, -0.05) is 30.4 Å². The van der Waals surface area contributed by atoms with Gasteiger partial charge in [-0.15, -0.1) is 0 Å². The summed E-state index contributed by atoms with van der Waals surface area (Å²) in [4.78, 5) is 13.0. The third kappa shape index (κ3) is 7.37. The summed E-state index contributed by atoms with van der Waals surface area (Å²) >= 11 is 0. The van der Waals surface area contributed by atoms with Crippen molar-refractivity contribution in [2.75, 3.05) is 7.05 Å². The molecule has 2 saturated carbocycles. The second-order valence-corrected chi connectivity index (χ2v) is 7.55. The number of aliphatic imine (C=N–C) groups is 3. The van der Waals surface area contributed by atoms with E-state index in [0.29, 0.717) is 12.0 Å². The van der Waals surface area contributed by atoms with E-state index < -0.39 is 0 Å². The number of nitrogens with zero attached hydrogens (tertiary/aromatic N) is 3. The van der Waals surface area contributed by atoms with Crippen molar-refractivity contribution in [1.82, 2.24) is 5.32 Å².